The minimum Gasteiger partial charge on any atom is -0.349 e. The number of halogens is 1. The van der Waals surface area contributed by atoms with Crippen molar-refractivity contribution in [3.8, 4) is 0 Å². The van der Waals surface area contributed by atoms with Crippen molar-refractivity contribution in [2.75, 3.05) is 0 Å². The van der Waals surface area contributed by atoms with Gasteiger partial charge in [0.2, 0.25) is 5.91 Å². The van der Waals surface area contributed by atoms with Crippen LogP contribution in [-0.2, 0) is 4.79 Å². The molecule has 106 valence electrons. The van der Waals surface area contributed by atoms with E-state index in [2.05, 4.69) is 21.2 Å². The second kappa shape index (κ2) is 5.63. The van der Waals surface area contributed by atoms with Gasteiger partial charge in [-0.2, -0.15) is 0 Å². The average molecular weight is 327 g/mol. The molecule has 0 saturated heterocycles. The number of hydrogen-bond acceptors (Lipinski definition) is 2. The number of nitrogens with two attached hydrogens (primary N) is 1. The van der Waals surface area contributed by atoms with Gasteiger partial charge < -0.3 is 11.1 Å². The van der Waals surface area contributed by atoms with Gasteiger partial charge in [0.05, 0.1) is 11.5 Å². The highest BCUT2D eigenvalue weighted by Crippen LogP contribution is 2.29. The fourth-order valence-electron chi connectivity index (χ4n) is 1.50. The summed E-state index contributed by atoms with van der Waals surface area (Å²) < 4.78 is 1.03. The van der Waals surface area contributed by atoms with Crippen LogP contribution < -0.4 is 11.1 Å². The molecule has 0 spiro atoms. The van der Waals surface area contributed by atoms with Gasteiger partial charge >= 0.3 is 0 Å². The molecule has 19 heavy (non-hydrogen) atoms. The average Bonchev–Trinajstić information content (AvgIpc) is 2.28. The highest BCUT2D eigenvalue weighted by atomic mass is 79.9. The van der Waals surface area contributed by atoms with Crippen molar-refractivity contribution in [2.24, 2.45) is 11.1 Å². The van der Waals surface area contributed by atoms with Crippen molar-refractivity contribution < 1.29 is 4.79 Å². The Morgan fingerprint density at radius 2 is 1.68 bits per heavy atom. The lowest BCUT2D eigenvalue weighted by Gasteiger charge is -2.37. The number of nitrogens with one attached hydrogen (secondary N) is 1. The van der Waals surface area contributed by atoms with Crippen LogP contribution in [0.5, 0.6) is 0 Å². The van der Waals surface area contributed by atoms with Crippen molar-refractivity contribution in [2.45, 2.75) is 46.2 Å². The first-order chi connectivity index (χ1) is 8.55. The molecular weight excluding hydrogens is 304 g/mol. The molecule has 3 nitrogen and oxygen atoms in total. The van der Waals surface area contributed by atoms with Gasteiger partial charge in [0.25, 0.3) is 0 Å². The highest BCUT2D eigenvalue weighted by molar-refractivity contribution is 9.10. The normalized spacial score (nSPS) is 14.1. The molecule has 0 unspecified atom stereocenters. The first-order valence-corrected chi connectivity index (χ1v) is 7.20. The number of benzene rings is 1. The zero-order valence-corrected chi connectivity index (χ0v) is 13.8. The second-order valence-corrected chi connectivity index (χ2v) is 7.01. The molecule has 3 N–H and O–H groups in total. The number of carbonyl (C=O) groups excluding carboxylic acids is 1. The van der Waals surface area contributed by atoms with Gasteiger partial charge in [0.15, 0.2) is 0 Å². The van der Waals surface area contributed by atoms with E-state index in [1.807, 2.05) is 58.9 Å². The molecule has 0 radical (unpaired) electrons. The minimum absolute atomic E-state index is 0.0320. The fourth-order valence-corrected chi connectivity index (χ4v) is 1.77. The molecule has 1 rings (SSSR count). The lowest BCUT2D eigenvalue weighted by Crippen LogP contribution is -2.55. The Morgan fingerprint density at radius 1 is 1.21 bits per heavy atom. The van der Waals surface area contributed by atoms with Crippen LogP contribution in [0.4, 0.5) is 0 Å². The Bertz CT molecular complexity index is 446. The van der Waals surface area contributed by atoms with Crippen LogP contribution in [0.1, 0.15) is 46.2 Å². The van der Waals surface area contributed by atoms with E-state index in [1.165, 1.54) is 0 Å². The number of hydrogen-bond donors (Lipinski definition) is 2. The van der Waals surface area contributed by atoms with Crippen molar-refractivity contribution in [3.05, 3.63) is 34.3 Å². The Morgan fingerprint density at radius 3 is 2.11 bits per heavy atom. The standard InChI is InChI=1S/C15H23BrN2O/c1-10(11-6-8-12(16)9-7-11)18-13(19)14(2,3)15(4,5)17/h6-10H,17H2,1-5H3,(H,18,19)/t10-/m0/s1. The highest BCUT2D eigenvalue weighted by Gasteiger charge is 2.40. The molecule has 0 saturated carbocycles. The lowest BCUT2D eigenvalue weighted by atomic mass is 9.74. The maximum absolute atomic E-state index is 12.4. The van der Waals surface area contributed by atoms with E-state index in [-0.39, 0.29) is 11.9 Å². The van der Waals surface area contributed by atoms with Crippen molar-refractivity contribution in [1.29, 1.82) is 0 Å². The predicted molar refractivity (Wildman–Crippen MR) is 82.7 cm³/mol. The Hall–Kier alpha value is -0.870. The van der Waals surface area contributed by atoms with Gasteiger partial charge in [0, 0.05) is 10.0 Å². The third-order valence-corrected chi connectivity index (χ3v) is 4.42. The molecule has 0 aliphatic heterocycles. The molecule has 4 heteroatoms. The van der Waals surface area contributed by atoms with Crippen molar-refractivity contribution in [3.63, 3.8) is 0 Å². The Balaban J connectivity index is 2.80. The summed E-state index contributed by atoms with van der Waals surface area (Å²) in [5.74, 6) is -0.0320. The smallest absolute Gasteiger partial charge is 0.227 e. The van der Waals surface area contributed by atoms with Gasteiger partial charge in [-0.1, -0.05) is 28.1 Å². The lowest BCUT2D eigenvalue weighted by molar-refractivity contribution is -0.132. The van der Waals surface area contributed by atoms with Crippen LogP contribution in [-0.4, -0.2) is 11.4 Å². The van der Waals surface area contributed by atoms with E-state index in [4.69, 9.17) is 5.73 Å². The number of carbonyl (C=O) groups is 1. The molecule has 0 aliphatic carbocycles. The van der Waals surface area contributed by atoms with Gasteiger partial charge in [0.1, 0.15) is 0 Å². The summed E-state index contributed by atoms with van der Waals surface area (Å²) in [4.78, 5) is 12.4. The monoisotopic (exact) mass is 326 g/mol. The maximum atomic E-state index is 12.4. The van der Waals surface area contributed by atoms with E-state index >= 15 is 0 Å². The SMILES string of the molecule is C[C@H](NC(=O)C(C)(C)C(C)(C)N)c1ccc(Br)cc1. The molecule has 1 aromatic rings. The molecule has 0 aromatic heterocycles. The summed E-state index contributed by atoms with van der Waals surface area (Å²) in [7, 11) is 0. The van der Waals surface area contributed by atoms with Crippen LogP contribution in [0.3, 0.4) is 0 Å². The van der Waals surface area contributed by atoms with Crippen LogP contribution >= 0.6 is 15.9 Å². The quantitative estimate of drug-likeness (QED) is 0.891. The van der Waals surface area contributed by atoms with Gasteiger partial charge in [-0.15, -0.1) is 0 Å². The van der Waals surface area contributed by atoms with E-state index in [1.54, 1.807) is 0 Å². The van der Waals surface area contributed by atoms with E-state index < -0.39 is 11.0 Å². The Kier molecular flexibility index (Phi) is 4.80. The summed E-state index contributed by atoms with van der Waals surface area (Å²) in [6.45, 7) is 9.46. The van der Waals surface area contributed by atoms with Crippen molar-refractivity contribution >= 4 is 21.8 Å². The van der Waals surface area contributed by atoms with Crippen LogP contribution in [0.15, 0.2) is 28.7 Å². The van der Waals surface area contributed by atoms with Crippen LogP contribution in [0.2, 0.25) is 0 Å². The Labute approximate surface area is 124 Å². The zero-order chi connectivity index (χ0) is 14.8. The maximum Gasteiger partial charge on any atom is 0.227 e. The molecule has 1 atom stereocenters. The predicted octanol–water partition coefficient (Wildman–Crippen LogP) is 3.39. The largest absolute Gasteiger partial charge is 0.349 e. The van der Waals surface area contributed by atoms with Crippen LogP contribution in [0, 0.1) is 5.41 Å². The first kappa shape index (κ1) is 16.2. The minimum atomic E-state index is -0.628. The summed E-state index contributed by atoms with van der Waals surface area (Å²) in [6, 6.07) is 7.89. The molecule has 0 fully saturated rings. The molecular formula is C15H23BrN2O. The van der Waals surface area contributed by atoms with E-state index in [0.29, 0.717) is 0 Å². The molecule has 0 bridgehead atoms. The zero-order valence-electron chi connectivity index (χ0n) is 12.3. The summed E-state index contributed by atoms with van der Waals surface area (Å²) in [5, 5.41) is 3.03. The second-order valence-electron chi connectivity index (χ2n) is 6.09. The van der Waals surface area contributed by atoms with Gasteiger partial charge in [-0.25, -0.2) is 0 Å². The summed E-state index contributed by atoms with van der Waals surface area (Å²) >= 11 is 3.40. The molecule has 1 aromatic carbocycles. The van der Waals surface area contributed by atoms with Gasteiger partial charge in [-0.05, 0) is 52.3 Å². The topological polar surface area (TPSA) is 55.1 Å². The fraction of sp³-hybridized carbons (Fsp3) is 0.533. The van der Waals surface area contributed by atoms with E-state index in [0.717, 1.165) is 10.0 Å². The number of rotatable bonds is 4. The summed E-state index contributed by atoms with van der Waals surface area (Å²) in [6.07, 6.45) is 0. The van der Waals surface area contributed by atoms with E-state index in [9.17, 15) is 4.79 Å². The van der Waals surface area contributed by atoms with Gasteiger partial charge in [-0.3, -0.25) is 4.79 Å². The first-order valence-electron chi connectivity index (χ1n) is 6.41. The molecule has 1 amide bonds. The third kappa shape index (κ3) is 3.80. The number of amides is 1. The van der Waals surface area contributed by atoms with Crippen molar-refractivity contribution in [1.82, 2.24) is 5.32 Å². The molecule has 0 heterocycles. The summed E-state index contributed by atoms with van der Waals surface area (Å²) in [5.41, 5.74) is 5.95. The van der Waals surface area contributed by atoms with Crippen LogP contribution in [0.25, 0.3) is 0 Å². The third-order valence-electron chi connectivity index (χ3n) is 3.90. The molecule has 0 aliphatic rings.